The van der Waals surface area contributed by atoms with Gasteiger partial charge in [-0.3, -0.25) is 0 Å². The monoisotopic (exact) mass is 314 g/mol. The lowest BCUT2D eigenvalue weighted by Gasteiger charge is -2.07. The molecule has 0 bridgehead atoms. The highest BCUT2D eigenvalue weighted by Gasteiger charge is 2.22. The summed E-state index contributed by atoms with van der Waals surface area (Å²) in [5.74, 6) is 0.616. The third kappa shape index (κ3) is 2.54. The van der Waals surface area contributed by atoms with Crippen LogP contribution in [0.3, 0.4) is 0 Å². The molecule has 3 aromatic rings. The molecule has 1 heterocycles. The van der Waals surface area contributed by atoms with E-state index in [4.69, 9.17) is 9.66 Å². The molecule has 0 unspecified atom stereocenters. The van der Waals surface area contributed by atoms with Crippen molar-refractivity contribution in [1.82, 2.24) is 5.16 Å². The van der Waals surface area contributed by atoms with Crippen LogP contribution in [0.1, 0.15) is 5.76 Å². The maximum Gasteiger partial charge on any atom is 0.238 e. The summed E-state index contributed by atoms with van der Waals surface area (Å²) in [5.41, 5.74) is 2.56. The van der Waals surface area contributed by atoms with Crippen LogP contribution in [0.25, 0.3) is 22.4 Å². The number of aromatic nitrogens is 1. The van der Waals surface area contributed by atoms with Crippen molar-refractivity contribution in [3.05, 3.63) is 60.4 Å². The molecule has 0 aliphatic heterocycles. The van der Waals surface area contributed by atoms with Gasteiger partial charge in [-0.25, -0.2) is 13.6 Å². The normalized spacial score (nSPS) is 11.5. The summed E-state index contributed by atoms with van der Waals surface area (Å²) < 4.78 is 28.9. The molecule has 112 valence electrons. The van der Waals surface area contributed by atoms with E-state index in [-0.39, 0.29) is 4.90 Å². The molecule has 22 heavy (non-hydrogen) atoms. The molecule has 0 atom stereocenters. The third-order valence-electron chi connectivity index (χ3n) is 3.37. The number of sulfonamides is 1. The van der Waals surface area contributed by atoms with Crippen molar-refractivity contribution in [3.63, 3.8) is 0 Å². The van der Waals surface area contributed by atoms with Crippen molar-refractivity contribution in [3.8, 4) is 22.4 Å². The summed E-state index contributed by atoms with van der Waals surface area (Å²) in [6.07, 6.45) is 0. The number of primary sulfonamides is 1. The minimum atomic E-state index is -3.85. The van der Waals surface area contributed by atoms with Gasteiger partial charge in [0.1, 0.15) is 11.5 Å². The van der Waals surface area contributed by atoms with Gasteiger partial charge in [0.05, 0.1) is 10.5 Å². The minimum Gasteiger partial charge on any atom is -0.360 e. The van der Waals surface area contributed by atoms with Crippen molar-refractivity contribution >= 4 is 10.0 Å². The van der Waals surface area contributed by atoms with Gasteiger partial charge in [0.15, 0.2) is 0 Å². The molecule has 0 aliphatic rings. The minimum absolute atomic E-state index is 0.0282. The lowest BCUT2D eigenvalue weighted by molar-refractivity contribution is 0.400. The maximum absolute atomic E-state index is 11.8. The van der Waals surface area contributed by atoms with Crippen LogP contribution >= 0.6 is 0 Å². The van der Waals surface area contributed by atoms with Gasteiger partial charge in [0.25, 0.3) is 0 Å². The van der Waals surface area contributed by atoms with Gasteiger partial charge in [-0.2, -0.15) is 0 Å². The van der Waals surface area contributed by atoms with E-state index in [1.165, 1.54) is 6.07 Å². The molecule has 5 nitrogen and oxygen atoms in total. The highest BCUT2D eigenvalue weighted by molar-refractivity contribution is 7.89. The van der Waals surface area contributed by atoms with E-state index in [2.05, 4.69) is 5.16 Å². The second-order valence-corrected chi connectivity index (χ2v) is 6.40. The lowest BCUT2D eigenvalue weighted by Crippen LogP contribution is -2.13. The first kappa shape index (κ1) is 14.5. The van der Waals surface area contributed by atoms with E-state index in [9.17, 15) is 8.42 Å². The third-order valence-corrected chi connectivity index (χ3v) is 4.34. The first-order chi connectivity index (χ1) is 10.5. The van der Waals surface area contributed by atoms with Gasteiger partial charge in [-0.1, -0.05) is 53.7 Å². The Balaban J connectivity index is 2.29. The highest BCUT2D eigenvalue weighted by Crippen LogP contribution is 2.36. The molecule has 0 saturated carbocycles. The van der Waals surface area contributed by atoms with E-state index in [0.717, 1.165) is 11.1 Å². The fraction of sp³-hybridized carbons (Fsp3) is 0.0625. The van der Waals surface area contributed by atoms with Crippen molar-refractivity contribution in [2.45, 2.75) is 11.8 Å². The maximum atomic E-state index is 11.8. The first-order valence-electron chi connectivity index (χ1n) is 6.62. The summed E-state index contributed by atoms with van der Waals surface area (Å²) in [6.45, 7) is 1.79. The van der Waals surface area contributed by atoms with Crippen LogP contribution in [-0.2, 0) is 10.0 Å². The summed E-state index contributed by atoms with van der Waals surface area (Å²) in [7, 11) is -3.85. The van der Waals surface area contributed by atoms with E-state index >= 15 is 0 Å². The average molecular weight is 314 g/mol. The predicted octanol–water partition coefficient (Wildman–Crippen LogP) is 2.96. The van der Waals surface area contributed by atoms with Gasteiger partial charge < -0.3 is 4.52 Å². The molecule has 0 spiro atoms. The number of nitrogens with two attached hydrogens (primary N) is 1. The molecule has 3 rings (SSSR count). The quantitative estimate of drug-likeness (QED) is 0.805. The Kier molecular flexibility index (Phi) is 3.56. The Hall–Kier alpha value is -2.44. The van der Waals surface area contributed by atoms with E-state index in [1.807, 2.05) is 30.3 Å². The van der Waals surface area contributed by atoms with E-state index in [0.29, 0.717) is 17.0 Å². The van der Waals surface area contributed by atoms with Crippen LogP contribution in [0, 0.1) is 6.92 Å². The number of benzene rings is 2. The van der Waals surface area contributed by atoms with Gasteiger partial charge >= 0.3 is 0 Å². The smallest absolute Gasteiger partial charge is 0.238 e. The molecule has 0 amide bonds. The van der Waals surface area contributed by atoms with Crippen LogP contribution in [0.5, 0.6) is 0 Å². The molecule has 0 saturated heterocycles. The average Bonchev–Trinajstić information content (AvgIpc) is 2.89. The Morgan fingerprint density at radius 2 is 1.64 bits per heavy atom. The molecule has 0 aliphatic carbocycles. The van der Waals surface area contributed by atoms with Crippen LogP contribution in [-0.4, -0.2) is 13.6 Å². The van der Waals surface area contributed by atoms with Gasteiger partial charge in [0.2, 0.25) is 10.0 Å². The second-order valence-electron chi connectivity index (χ2n) is 4.87. The summed E-state index contributed by atoms with van der Waals surface area (Å²) >= 11 is 0. The summed E-state index contributed by atoms with van der Waals surface area (Å²) in [5, 5.41) is 9.35. The SMILES string of the molecule is Cc1onc(-c2ccccc2S(N)(=O)=O)c1-c1ccccc1. The lowest BCUT2D eigenvalue weighted by atomic mass is 9.99. The fourth-order valence-electron chi connectivity index (χ4n) is 2.41. The highest BCUT2D eigenvalue weighted by atomic mass is 32.2. The Bertz CT molecular complexity index is 916. The summed E-state index contributed by atoms with van der Waals surface area (Å²) in [6, 6.07) is 16.0. The molecular formula is C16H14N2O3S. The van der Waals surface area contributed by atoms with Crippen molar-refractivity contribution in [1.29, 1.82) is 0 Å². The number of hydrogen-bond donors (Lipinski definition) is 1. The molecule has 1 aromatic heterocycles. The molecule has 2 N–H and O–H groups in total. The standard InChI is InChI=1S/C16H14N2O3S/c1-11-15(12-7-3-2-4-8-12)16(18-21-11)13-9-5-6-10-14(13)22(17,19)20/h2-10H,1H3,(H2,17,19,20). The summed E-state index contributed by atoms with van der Waals surface area (Å²) in [4.78, 5) is 0.0282. The number of nitrogens with zero attached hydrogens (tertiary/aromatic N) is 1. The zero-order valence-corrected chi connectivity index (χ0v) is 12.7. The van der Waals surface area contributed by atoms with Crippen LogP contribution in [0.4, 0.5) is 0 Å². The topological polar surface area (TPSA) is 86.2 Å². The molecule has 6 heteroatoms. The van der Waals surface area contributed by atoms with Gasteiger partial charge in [-0.15, -0.1) is 0 Å². The van der Waals surface area contributed by atoms with Gasteiger partial charge in [0, 0.05) is 5.56 Å². The Labute approximate surface area is 128 Å². The van der Waals surface area contributed by atoms with Crippen molar-refractivity contribution in [2.75, 3.05) is 0 Å². The Morgan fingerprint density at radius 1 is 1.00 bits per heavy atom. The Morgan fingerprint density at radius 3 is 2.32 bits per heavy atom. The van der Waals surface area contributed by atoms with E-state index < -0.39 is 10.0 Å². The van der Waals surface area contributed by atoms with Crippen LogP contribution < -0.4 is 5.14 Å². The second kappa shape index (κ2) is 5.40. The molecule has 0 fully saturated rings. The van der Waals surface area contributed by atoms with E-state index in [1.54, 1.807) is 25.1 Å². The van der Waals surface area contributed by atoms with Crippen LogP contribution in [0.2, 0.25) is 0 Å². The zero-order valence-electron chi connectivity index (χ0n) is 11.9. The van der Waals surface area contributed by atoms with Crippen molar-refractivity contribution in [2.24, 2.45) is 5.14 Å². The largest absolute Gasteiger partial charge is 0.360 e. The number of rotatable bonds is 3. The van der Waals surface area contributed by atoms with Crippen LogP contribution in [0.15, 0.2) is 64.0 Å². The molecule has 2 aromatic carbocycles. The number of hydrogen-bond acceptors (Lipinski definition) is 4. The molecule has 0 radical (unpaired) electrons. The fourth-order valence-corrected chi connectivity index (χ4v) is 3.15. The van der Waals surface area contributed by atoms with Gasteiger partial charge in [-0.05, 0) is 18.6 Å². The molecular weight excluding hydrogens is 300 g/mol. The predicted molar refractivity (Wildman–Crippen MR) is 83.5 cm³/mol. The number of aryl methyl sites for hydroxylation is 1. The van der Waals surface area contributed by atoms with Crippen molar-refractivity contribution < 1.29 is 12.9 Å². The zero-order chi connectivity index (χ0) is 15.7. The first-order valence-corrected chi connectivity index (χ1v) is 8.17.